The Hall–Kier alpha value is -1.58. The number of fused-ring (bicyclic) bond motifs is 1. The second-order valence-electron chi connectivity index (χ2n) is 3.48. The smallest absolute Gasteiger partial charge is 0.311 e. The molecule has 0 atom stereocenters. The van der Waals surface area contributed by atoms with Crippen LogP contribution in [0, 0.1) is 17.0 Å². The van der Waals surface area contributed by atoms with E-state index in [-0.39, 0.29) is 10.6 Å². The molecular weight excluding hydrogens is 182 g/mol. The highest BCUT2D eigenvalue weighted by atomic mass is 16.6. The van der Waals surface area contributed by atoms with E-state index in [2.05, 4.69) is 0 Å². The standard InChI is InChI=1S/C10H11NO3/c1-7-5-8-3-2-4-14-10(8)9(6-7)11(12)13/h5-6H,2-4H2,1H3. The SMILES string of the molecule is Cc1cc2c(c([N+](=O)[O-])c1)OCCC2. The highest BCUT2D eigenvalue weighted by Gasteiger charge is 2.22. The summed E-state index contributed by atoms with van der Waals surface area (Å²) in [6.45, 7) is 2.44. The Morgan fingerprint density at radius 2 is 2.29 bits per heavy atom. The lowest BCUT2D eigenvalue weighted by Crippen LogP contribution is -2.10. The van der Waals surface area contributed by atoms with Gasteiger partial charge in [-0.15, -0.1) is 0 Å². The van der Waals surface area contributed by atoms with E-state index in [9.17, 15) is 10.1 Å². The number of nitro groups is 1. The fraction of sp³-hybridized carbons (Fsp3) is 0.400. The van der Waals surface area contributed by atoms with E-state index >= 15 is 0 Å². The zero-order valence-electron chi connectivity index (χ0n) is 7.95. The number of hydrogen-bond donors (Lipinski definition) is 0. The molecule has 1 heterocycles. The van der Waals surface area contributed by atoms with Gasteiger partial charge in [-0.25, -0.2) is 0 Å². The molecule has 1 aliphatic heterocycles. The van der Waals surface area contributed by atoms with Gasteiger partial charge in [0.05, 0.1) is 11.5 Å². The summed E-state index contributed by atoms with van der Waals surface area (Å²) < 4.78 is 5.33. The van der Waals surface area contributed by atoms with Gasteiger partial charge in [0, 0.05) is 11.6 Å². The van der Waals surface area contributed by atoms with E-state index in [0.29, 0.717) is 12.4 Å². The molecule has 0 unspecified atom stereocenters. The molecule has 0 saturated carbocycles. The van der Waals surface area contributed by atoms with Gasteiger partial charge in [-0.2, -0.15) is 0 Å². The first-order chi connectivity index (χ1) is 6.68. The minimum Gasteiger partial charge on any atom is -0.487 e. The Morgan fingerprint density at radius 1 is 1.50 bits per heavy atom. The van der Waals surface area contributed by atoms with Gasteiger partial charge in [-0.3, -0.25) is 10.1 Å². The summed E-state index contributed by atoms with van der Waals surface area (Å²) in [7, 11) is 0. The van der Waals surface area contributed by atoms with Crippen LogP contribution < -0.4 is 4.74 Å². The molecule has 0 N–H and O–H groups in total. The number of ether oxygens (including phenoxy) is 1. The molecule has 0 saturated heterocycles. The van der Waals surface area contributed by atoms with Crippen molar-refractivity contribution >= 4 is 5.69 Å². The first-order valence-electron chi connectivity index (χ1n) is 4.59. The zero-order chi connectivity index (χ0) is 10.1. The van der Waals surface area contributed by atoms with Gasteiger partial charge in [0.25, 0.3) is 0 Å². The summed E-state index contributed by atoms with van der Waals surface area (Å²) in [6.07, 6.45) is 1.81. The maximum absolute atomic E-state index is 10.8. The summed E-state index contributed by atoms with van der Waals surface area (Å²) in [5.74, 6) is 0.465. The fourth-order valence-corrected chi connectivity index (χ4v) is 1.75. The molecule has 0 amide bonds. The van der Waals surface area contributed by atoms with Crippen molar-refractivity contribution in [3.05, 3.63) is 33.4 Å². The monoisotopic (exact) mass is 193 g/mol. The summed E-state index contributed by atoms with van der Waals surface area (Å²) >= 11 is 0. The highest BCUT2D eigenvalue weighted by Crippen LogP contribution is 2.35. The van der Waals surface area contributed by atoms with Crippen LogP contribution in [-0.4, -0.2) is 11.5 Å². The number of aryl methyl sites for hydroxylation is 2. The number of benzene rings is 1. The quantitative estimate of drug-likeness (QED) is 0.507. The number of hydrogen-bond acceptors (Lipinski definition) is 3. The van der Waals surface area contributed by atoms with E-state index in [1.165, 1.54) is 0 Å². The van der Waals surface area contributed by atoms with E-state index < -0.39 is 0 Å². The first kappa shape index (κ1) is 8.99. The van der Waals surface area contributed by atoms with E-state index in [0.717, 1.165) is 24.0 Å². The van der Waals surface area contributed by atoms with Crippen molar-refractivity contribution < 1.29 is 9.66 Å². The predicted octanol–water partition coefficient (Wildman–Crippen LogP) is 2.23. The van der Waals surface area contributed by atoms with Crippen LogP contribution in [0.4, 0.5) is 5.69 Å². The molecule has 0 aromatic heterocycles. The van der Waals surface area contributed by atoms with Crippen molar-refractivity contribution in [1.29, 1.82) is 0 Å². The van der Waals surface area contributed by atoms with Crippen LogP contribution in [0.15, 0.2) is 12.1 Å². The lowest BCUT2D eigenvalue weighted by atomic mass is 10.0. The van der Waals surface area contributed by atoms with Crippen LogP contribution in [0.5, 0.6) is 5.75 Å². The Morgan fingerprint density at radius 3 is 3.00 bits per heavy atom. The third kappa shape index (κ3) is 1.43. The predicted molar refractivity (Wildman–Crippen MR) is 51.6 cm³/mol. The van der Waals surface area contributed by atoms with E-state index in [1.807, 2.05) is 13.0 Å². The molecule has 1 aliphatic rings. The molecule has 0 radical (unpaired) electrons. The molecule has 74 valence electrons. The normalized spacial score (nSPS) is 14.4. The minimum atomic E-state index is -0.378. The zero-order valence-corrected chi connectivity index (χ0v) is 7.95. The second-order valence-corrected chi connectivity index (χ2v) is 3.48. The fourth-order valence-electron chi connectivity index (χ4n) is 1.75. The van der Waals surface area contributed by atoms with Crippen LogP contribution in [0.2, 0.25) is 0 Å². The highest BCUT2D eigenvalue weighted by molar-refractivity contribution is 5.54. The van der Waals surface area contributed by atoms with Crippen molar-refractivity contribution in [2.75, 3.05) is 6.61 Å². The lowest BCUT2D eigenvalue weighted by molar-refractivity contribution is -0.386. The lowest BCUT2D eigenvalue weighted by Gasteiger charge is -2.17. The molecule has 0 spiro atoms. The van der Waals surface area contributed by atoms with Crippen molar-refractivity contribution in [2.24, 2.45) is 0 Å². The van der Waals surface area contributed by atoms with Gasteiger partial charge in [0.2, 0.25) is 0 Å². The topological polar surface area (TPSA) is 52.4 Å². The van der Waals surface area contributed by atoms with Crippen molar-refractivity contribution in [2.45, 2.75) is 19.8 Å². The molecule has 0 aliphatic carbocycles. The van der Waals surface area contributed by atoms with Crippen LogP contribution in [0.25, 0.3) is 0 Å². The van der Waals surface area contributed by atoms with Crippen LogP contribution in [0.3, 0.4) is 0 Å². The molecule has 4 nitrogen and oxygen atoms in total. The molecule has 2 rings (SSSR count). The van der Waals surface area contributed by atoms with Gasteiger partial charge in [0.15, 0.2) is 5.75 Å². The average Bonchev–Trinajstić information content (AvgIpc) is 2.16. The third-order valence-electron chi connectivity index (χ3n) is 2.32. The molecule has 1 aromatic carbocycles. The average molecular weight is 193 g/mol. The maximum atomic E-state index is 10.8. The summed E-state index contributed by atoms with van der Waals surface area (Å²) in [5.41, 5.74) is 1.98. The van der Waals surface area contributed by atoms with Gasteiger partial charge in [-0.05, 0) is 25.3 Å². The Kier molecular flexibility index (Phi) is 2.11. The molecule has 0 bridgehead atoms. The van der Waals surface area contributed by atoms with Gasteiger partial charge in [-0.1, -0.05) is 6.07 Å². The largest absolute Gasteiger partial charge is 0.487 e. The molecule has 0 fully saturated rings. The first-order valence-corrected chi connectivity index (χ1v) is 4.59. The number of nitrogens with zero attached hydrogens (tertiary/aromatic N) is 1. The van der Waals surface area contributed by atoms with Crippen LogP contribution in [0.1, 0.15) is 17.5 Å². The van der Waals surface area contributed by atoms with Gasteiger partial charge >= 0.3 is 5.69 Å². The minimum absolute atomic E-state index is 0.0969. The molecule has 4 heteroatoms. The summed E-state index contributed by atoms with van der Waals surface area (Å²) in [5, 5.41) is 10.8. The third-order valence-corrected chi connectivity index (χ3v) is 2.32. The molecule has 14 heavy (non-hydrogen) atoms. The van der Waals surface area contributed by atoms with E-state index in [4.69, 9.17) is 4.74 Å². The number of nitro benzene ring substituents is 1. The van der Waals surface area contributed by atoms with Gasteiger partial charge < -0.3 is 4.74 Å². The Labute approximate surface area is 81.7 Å². The second kappa shape index (κ2) is 3.29. The summed E-state index contributed by atoms with van der Waals surface area (Å²) in [6, 6.07) is 3.52. The number of rotatable bonds is 1. The van der Waals surface area contributed by atoms with Gasteiger partial charge in [0.1, 0.15) is 0 Å². The van der Waals surface area contributed by atoms with Crippen molar-refractivity contribution in [3.63, 3.8) is 0 Å². The van der Waals surface area contributed by atoms with E-state index in [1.54, 1.807) is 6.07 Å². The molecular formula is C10H11NO3. The maximum Gasteiger partial charge on any atom is 0.311 e. The Bertz CT molecular complexity index is 387. The van der Waals surface area contributed by atoms with Crippen LogP contribution in [-0.2, 0) is 6.42 Å². The van der Waals surface area contributed by atoms with Crippen molar-refractivity contribution in [1.82, 2.24) is 0 Å². The Balaban J connectivity index is 2.58. The molecule has 1 aromatic rings. The van der Waals surface area contributed by atoms with Crippen molar-refractivity contribution in [3.8, 4) is 5.75 Å². The van der Waals surface area contributed by atoms with Crippen LogP contribution >= 0.6 is 0 Å². The summed E-state index contributed by atoms with van der Waals surface area (Å²) in [4.78, 5) is 10.4.